The van der Waals surface area contributed by atoms with Crippen LogP contribution in [0.1, 0.15) is 0 Å². The smallest absolute Gasteiger partial charge is 0.243 e. The summed E-state index contributed by atoms with van der Waals surface area (Å²) >= 11 is 0. The highest BCUT2D eigenvalue weighted by Gasteiger charge is 2.02. The molecule has 0 bridgehead atoms. The first-order valence-electron chi connectivity index (χ1n) is 4.77. The highest BCUT2D eigenvalue weighted by molar-refractivity contribution is 5.86. The van der Waals surface area contributed by atoms with Gasteiger partial charge in [0.05, 0.1) is 0 Å². The van der Waals surface area contributed by atoms with Crippen molar-refractivity contribution in [2.75, 3.05) is 39.3 Å². The second kappa shape index (κ2) is 8.68. The van der Waals surface area contributed by atoms with E-state index >= 15 is 0 Å². The summed E-state index contributed by atoms with van der Waals surface area (Å²) in [7, 11) is 0. The molecule has 0 heterocycles. The van der Waals surface area contributed by atoms with Crippen LogP contribution in [-0.2, 0) is 4.79 Å². The maximum absolute atomic E-state index is 10.8. The van der Waals surface area contributed by atoms with Gasteiger partial charge in [0.1, 0.15) is 0 Å². The minimum Gasteiger partial charge on any atom is -0.351 e. The van der Waals surface area contributed by atoms with Crippen LogP contribution in [0.2, 0.25) is 0 Å². The number of hydrogen-bond acceptors (Lipinski definition) is 4. The molecule has 1 amide bonds. The highest BCUT2D eigenvalue weighted by atomic mass is 16.1. The molecular weight excluding hydrogens is 180 g/mol. The van der Waals surface area contributed by atoms with Crippen LogP contribution in [-0.4, -0.2) is 50.1 Å². The van der Waals surface area contributed by atoms with Gasteiger partial charge in [0, 0.05) is 39.3 Å². The lowest BCUT2D eigenvalue weighted by Crippen LogP contribution is -2.39. The monoisotopic (exact) mass is 200 g/mol. The van der Waals surface area contributed by atoms with Crippen molar-refractivity contribution < 1.29 is 4.79 Å². The molecule has 0 saturated carbocycles. The van der Waals surface area contributed by atoms with Crippen LogP contribution in [0.4, 0.5) is 0 Å². The molecule has 5 heteroatoms. The Morgan fingerprint density at radius 1 is 1.29 bits per heavy atom. The average Bonchev–Trinajstić information content (AvgIpc) is 2.18. The van der Waals surface area contributed by atoms with Gasteiger partial charge in [0.15, 0.2) is 0 Å². The summed E-state index contributed by atoms with van der Waals surface area (Å²) < 4.78 is 0. The van der Waals surface area contributed by atoms with E-state index in [1.165, 1.54) is 6.08 Å². The van der Waals surface area contributed by atoms with Gasteiger partial charge in [0.25, 0.3) is 0 Å². The van der Waals surface area contributed by atoms with E-state index in [9.17, 15) is 4.79 Å². The van der Waals surface area contributed by atoms with Gasteiger partial charge in [-0.15, -0.1) is 0 Å². The molecule has 0 aliphatic heterocycles. The molecule has 0 aromatic rings. The lowest BCUT2D eigenvalue weighted by atomic mass is 10.4. The standard InChI is InChI=1S/C9H20N4O/c1-2-9(14)12-5-8-13(6-3-10)7-4-11/h2H,1,3-8,10-11H2,(H,12,14). The Balaban J connectivity index is 3.58. The van der Waals surface area contributed by atoms with Crippen LogP contribution < -0.4 is 16.8 Å². The summed E-state index contributed by atoms with van der Waals surface area (Å²) in [5.41, 5.74) is 10.9. The van der Waals surface area contributed by atoms with Crippen molar-refractivity contribution in [1.82, 2.24) is 10.2 Å². The van der Waals surface area contributed by atoms with Gasteiger partial charge in [0.2, 0.25) is 5.91 Å². The largest absolute Gasteiger partial charge is 0.351 e. The van der Waals surface area contributed by atoms with Crippen molar-refractivity contribution in [1.29, 1.82) is 0 Å². The van der Waals surface area contributed by atoms with Crippen LogP contribution >= 0.6 is 0 Å². The Morgan fingerprint density at radius 2 is 1.86 bits per heavy atom. The van der Waals surface area contributed by atoms with E-state index in [4.69, 9.17) is 11.5 Å². The molecule has 0 aliphatic carbocycles. The maximum atomic E-state index is 10.8. The number of nitrogens with one attached hydrogen (secondary N) is 1. The predicted octanol–water partition coefficient (Wildman–Crippen LogP) is -1.49. The first-order chi connectivity index (χ1) is 6.74. The van der Waals surface area contributed by atoms with Crippen LogP contribution in [0.5, 0.6) is 0 Å². The predicted molar refractivity (Wildman–Crippen MR) is 57.8 cm³/mol. The second-order valence-electron chi connectivity index (χ2n) is 2.91. The molecule has 0 saturated heterocycles. The minimum absolute atomic E-state index is 0.148. The summed E-state index contributed by atoms with van der Waals surface area (Å²) in [6.45, 7) is 7.57. The molecule has 0 fully saturated rings. The summed E-state index contributed by atoms with van der Waals surface area (Å²) in [5, 5.41) is 2.70. The molecule has 0 atom stereocenters. The van der Waals surface area contributed by atoms with E-state index in [1.54, 1.807) is 0 Å². The molecule has 0 rings (SSSR count). The van der Waals surface area contributed by atoms with Gasteiger partial charge < -0.3 is 16.8 Å². The van der Waals surface area contributed by atoms with Crippen molar-refractivity contribution in [3.8, 4) is 0 Å². The van der Waals surface area contributed by atoms with Crippen LogP contribution in [0.25, 0.3) is 0 Å². The van der Waals surface area contributed by atoms with Crippen molar-refractivity contribution in [2.45, 2.75) is 0 Å². The van der Waals surface area contributed by atoms with Crippen LogP contribution in [0, 0.1) is 0 Å². The van der Waals surface area contributed by atoms with Crippen molar-refractivity contribution in [3.63, 3.8) is 0 Å². The number of carbonyl (C=O) groups is 1. The van der Waals surface area contributed by atoms with E-state index in [1.807, 2.05) is 0 Å². The molecule has 0 unspecified atom stereocenters. The Bertz CT molecular complexity index is 166. The summed E-state index contributed by atoms with van der Waals surface area (Å²) in [5.74, 6) is -0.148. The van der Waals surface area contributed by atoms with Gasteiger partial charge in [-0.3, -0.25) is 9.69 Å². The normalized spacial score (nSPS) is 10.2. The third-order valence-electron chi connectivity index (χ3n) is 1.80. The first kappa shape index (κ1) is 13.1. The van der Waals surface area contributed by atoms with Gasteiger partial charge in [-0.1, -0.05) is 6.58 Å². The Kier molecular flexibility index (Phi) is 8.11. The third-order valence-corrected chi connectivity index (χ3v) is 1.80. The molecule has 82 valence electrons. The molecule has 0 aromatic heterocycles. The number of rotatable bonds is 8. The fourth-order valence-corrected chi connectivity index (χ4v) is 1.11. The molecule has 5 N–H and O–H groups in total. The summed E-state index contributed by atoms with van der Waals surface area (Å²) in [4.78, 5) is 12.9. The molecule has 14 heavy (non-hydrogen) atoms. The molecule has 0 radical (unpaired) electrons. The second-order valence-corrected chi connectivity index (χ2v) is 2.91. The molecule has 0 aromatic carbocycles. The zero-order valence-corrected chi connectivity index (χ0v) is 8.54. The average molecular weight is 200 g/mol. The zero-order valence-electron chi connectivity index (χ0n) is 8.54. The van der Waals surface area contributed by atoms with E-state index in [0.29, 0.717) is 19.6 Å². The summed E-state index contributed by atoms with van der Waals surface area (Å²) in [6.07, 6.45) is 1.26. The number of hydrogen-bond donors (Lipinski definition) is 3. The number of nitrogens with two attached hydrogens (primary N) is 2. The Hall–Kier alpha value is -0.910. The highest BCUT2D eigenvalue weighted by Crippen LogP contribution is 1.83. The van der Waals surface area contributed by atoms with E-state index < -0.39 is 0 Å². The number of amides is 1. The van der Waals surface area contributed by atoms with E-state index in [2.05, 4.69) is 16.8 Å². The zero-order chi connectivity index (χ0) is 10.8. The van der Waals surface area contributed by atoms with Gasteiger partial charge in [-0.05, 0) is 6.08 Å². The van der Waals surface area contributed by atoms with Gasteiger partial charge in [-0.2, -0.15) is 0 Å². The molecule has 0 spiro atoms. The SMILES string of the molecule is C=CC(=O)NCCN(CCN)CCN. The lowest BCUT2D eigenvalue weighted by Gasteiger charge is -2.20. The molecular formula is C9H20N4O. The number of carbonyl (C=O) groups excluding carboxylic acids is 1. The minimum atomic E-state index is -0.148. The molecule has 0 aliphatic rings. The summed E-state index contributed by atoms with van der Waals surface area (Å²) in [6, 6.07) is 0. The van der Waals surface area contributed by atoms with Crippen molar-refractivity contribution >= 4 is 5.91 Å². The van der Waals surface area contributed by atoms with Crippen LogP contribution in [0.3, 0.4) is 0 Å². The van der Waals surface area contributed by atoms with E-state index in [-0.39, 0.29) is 5.91 Å². The van der Waals surface area contributed by atoms with Gasteiger partial charge >= 0.3 is 0 Å². The topological polar surface area (TPSA) is 84.4 Å². The van der Waals surface area contributed by atoms with Crippen molar-refractivity contribution in [2.24, 2.45) is 11.5 Å². The van der Waals surface area contributed by atoms with E-state index in [0.717, 1.165) is 19.6 Å². The molecule has 5 nitrogen and oxygen atoms in total. The Labute approximate surface area is 85.1 Å². The Morgan fingerprint density at radius 3 is 2.29 bits per heavy atom. The quantitative estimate of drug-likeness (QED) is 0.417. The fraction of sp³-hybridized carbons (Fsp3) is 0.667. The van der Waals surface area contributed by atoms with Crippen molar-refractivity contribution in [3.05, 3.63) is 12.7 Å². The maximum Gasteiger partial charge on any atom is 0.243 e. The van der Waals surface area contributed by atoms with Gasteiger partial charge in [-0.25, -0.2) is 0 Å². The fourth-order valence-electron chi connectivity index (χ4n) is 1.11. The number of nitrogens with zero attached hydrogens (tertiary/aromatic N) is 1. The lowest BCUT2D eigenvalue weighted by molar-refractivity contribution is -0.116. The third kappa shape index (κ3) is 6.59. The first-order valence-corrected chi connectivity index (χ1v) is 4.77. The van der Waals surface area contributed by atoms with Crippen LogP contribution in [0.15, 0.2) is 12.7 Å².